The van der Waals surface area contributed by atoms with Crippen LogP contribution in [-0.2, 0) is 0 Å². The van der Waals surface area contributed by atoms with Crippen molar-refractivity contribution in [2.24, 2.45) is 0 Å². The van der Waals surface area contributed by atoms with E-state index in [1.54, 1.807) is 12.1 Å². The third-order valence-corrected chi connectivity index (χ3v) is 3.85. The molecule has 0 unspecified atom stereocenters. The number of anilines is 1. The van der Waals surface area contributed by atoms with Gasteiger partial charge in [0.25, 0.3) is 0 Å². The smallest absolute Gasteiger partial charge is 0.337 e. The zero-order valence-electron chi connectivity index (χ0n) is 13.0. The lowest BCUT2D eigenvalue weighted by atomic mass is 10.1. The maximum absolute atomic E-state index is 11.2. The topological polar surface area (TPSA) is 58.6 Å². The Morgan fingerprint density at radius 1 is 1.22 bits per heavy atom. The number of aryl methyl sites for hydroxylation is 1. The Morgan fingerprint density at radius 2 is 2.04 bits per heavy atom. The average molecular weight is 378 g/mol. The van der Waals surface area contributed by atoms with E-state index in [0.29, 0.717) is 18.8 Å². The second-order valence-corrected chi connectivity index (χ2v) is 6.21. The Balaban J connectivity index is 1.73. The van der Waals surface area contributed by atoms with Crippen LogP contribution < -0.4 is 10.1 Å². The molecule has 0 aliphatic heterocycles. The molecule has 0 bridgehead atoms. The lowest BCUT2D eigenvalue weighted by Crippen LogP contribution is -2.09. The van der Waals surface area contributed by atoms with Crippen molar-refractivity contribution in [3.05, 3.63) is 58.1 Å². The van der Waals surface area contributed by atoms with Crippen molar-refractivity contribution < 1.29 is 14.6 Å². The van der Waals surface area contributed by atoms with Gasteiger partial charge in [-0.05, 0) is 55.7 Å². The summed E-state index contributed by atoms with van der Waals surface area (Å²) in [7, 11) is 0. The minimum atomic E-state index is -0.934. The van der Waals surface area contributed by atoms with Gasteiger partial charge in [-0.2, -0.15) is 0 Å². The van der Waals surface area contributed by atoms with Crippen molar-refractivity contribution in [2.45, 2.75) is 19.8 Å². The molecule has 0 atom stereocenters. The molecule has 2 rings (SSSR count). The number of halogens is 1. The normalized spacial score (nSPS) is 10.3. The van der Waals surface area contributed by atoms with Gasteiger partial charge in [0.2, 0.25) is 0 Å². The molecule has 0 saturated carbocycles. The van der Waals surface area contributed by atoms with Gasteiger partial charge in [0.05, 0.1) is 12.2 Å². The van der Waals surface area contributed by atoms with E-state index in [9.17, 15) is 9.90 Å². The van der Waals surface area contributed by atoms with Crippen LogP contribution in [0.15, 0.2) is 46.9 Å². The summed E-state index contributed by atoms with van der Waals surface area (Å²) in [5, 5.41) is 12.4. The predicted octanol–water partition coefficient (Wildman–Crippen LogP) is 4.73. The van der Waals surface area contributed by atoms with Crippen molar-refractivity contribution in [2.75, 3.05) is 18.5 Å². The van der Waals surface area contributed by atoms with Crippen LogP contribution in [0.2, 0.25) is 0 Å². The molecule has 0 spiro atoms. The van der Waals surface area contributed by atoms with E-state index in [4.69, 9.17) is 4.74 Å². The maximum atomic E-state index is 11.2. The number of benzene rings is 2. The van der Waals surface area contributed by atoms with Gasteiger partial charge in [-0.15, -0.1) is 0 Å². The van der Waals surface area contributed by atoms with Crippen molar-refractivity contribution in [1.29, 1.82) is 0 Å². The van der Waals surface area contributed by atoms with Crippen LogP contribution in [0.5, 0.6) is 5.75 Å². The monoisotopic (exact) mass is 377 g/mol. The van der Waals surface area contributed by atoms with E-state index < -0.39 is 5.97 Å². The molecule has 0 fully saturated rings. The first kappa shape index (κ1) is 17.3. The molecule has 2 aromatic rings. The highest BCUT2D eigenvalue weighted by Gasteiger charge is 2.09. The lowest BCUT2D eigenvalue weighted by Gasteiger charge is -2.10. The quantitative estimate of drug-likeness (QED) is 0.653. The second kappa shape index (κ2) is 8.58. The summed E-state index contributed by atoms with van der Waals surface area (Å²) >= 11 is 3.29. The molecule has 0 radical (unpaired) electrons. The van der Waals surface area contributed by atoms with E-state index in [-0.39, 0.29) is 5.56 Å². The summed E-state index contributed by atoms with van der Waals surface area (Å²) < 4.78 is 6.45. The SMILES string of the molecule is Cc1cccc(OCCCCNc2ccc(Br)cc2C(=O)O)c1. The van der Waals surface area contributed by atoms with Crippen LogP contribution >= 0.6 is 15.9 Å². The molecule has 5 heteroatoms. The lowest BCUT2D eigenvalue weighted by molar-refractivity contribution is 0.0698. The fourth-order valence-corrected chi connectivity index (χ4v) is 2.55. The summed E-state index contributed by atoms with van der Waals surface area (Å²) in [5.41, 5.74) is 2.09. The van der Waals surface area contributed by atoms with Crippen LogP contribution in [0.1, 0.15) is 28.8 Å². The number of ether oxygens (including phenoxy) is 1. The van der Waals surface area contributed by atoms with Crippen molar-refractivity contribution in [3.63, 3.8) is 0 Å². The number of nitrogens with one attached hydrogen (secondary N) is 1. The molecule has 2 aromatic carbocycles. The number of carboxylic acids is 1. The van der Waals surface area contributed by atoms with Gasteiger partial charge in [-0.3, -0.25) is 0 Å². The fourth-order valence-electron chi connectivity index (χ4n) is 2.19. The van der Waals surface area contributed by atoms with Crippen LogP contribution in [0.25, 0.3) is 0 Å². The molecular weight excluding hydrogens is 358 g/mol. The van der Waals surface area contributed by atoms with Gasteiger partial charge in [-0.1, -0.05) is 28.1 Å². The fraction of sp³-hybridized carbons (Fsp3) is 0.278. The molecule has 0 amide bonds. The number of carboxylic acid groups (broad SMARTS) is 1. The molecule has 122 valence electrons. The largest absolute Gasteiger partial charge is 0.494 e. The molecule has 0 heterocycles. The highest BCUT2D eigenvalue weighted by molar-refractivity contribution is 9.10. The summed E-state index contributed by atoms with van der Waals surface area (Å²) in [5.74, 6) is -0.0457. The highest BCUT2D eigenvalue weighted by Crippen LogP contribution is 2.21. The van der Waals surface area contributed by atoms with Gasteiger partial charge in [0.1, 0.15) is 5.75 Å². The molecular formula is C18H20BrNO3. The third-order valence-electron chi connectivity index (χ3n) is 3.36. The number of hydrogen-bond donors (Lipinski definition) is 2. The third kappa shape index (κ3) is 5.60. The molecule has 23 heavy (non-hydrogen) atoms. The first-order valence-electron chi connectivity index (χ1n) is 7.52. The van der Waals surface area contributed by atoms with E-state index in [1.807, 2.05) is 37.3 Å². The minimum Gasteiger partial charge on any atom is -0.494 e. The zero-order valence-corrected chi connectivity index (χ0v) is 14.6. The van der Waals surface area contributed by atoms with E-state index in [2.05, 4.69) is 21.2 Å². The van der Waals surface area contributed by atoms with Gasteiger partial charge in [0, 0.05) is 16.7 Å². The predicted molar refractivity (Wildman–Crippen MR) is 95.5 cm³/mol. The standard InChI is InChI=1S/C18H20BrNO3/c1-13-5-4-6-15(11-13)23-10-3-2-9-20-17-8-7-14(19)12-16(17)18(21)22/h4-8,11-12,20H,2-3,9-10H2,1H3,(H,21,22). The van der Waals surface area contributed by atoms with Gasteiger partial charge >= 0.3 is 5.97 Å². The molecule has 0 aromatic heterocycles. The average Bonchev–Trinajstić information content (AvgIpc) is 2.51. The van der Waals surface area contributed by atoms with E-state index in [1.165, 1.54) is 5.56 Å². The first-order chi connectivity index (χ1) is 11.1. The highest BCUT2D eigenvalue weighted by atomic mass is 79.9. The summed E-state index contributed by atoms with van der Waals surface area (Å²) in [4.78, 5) is 11.2. The van der Waals surface area contributed by atoms with Crippen molar-refractivity contribution >= 4 is 27.6 Å². The van der Waals surface area contributed by atoms with Crippen LogP contribution in [0.3, 0.4) is 0 Å². The van der Waals surface area contributed by atoms with Crippen LogP contribution in [0, 0.1) is 6.92 Å². The molecule has 0 saturated heterocycles. The Hall–Kier alpha value is -2.01. The van der Waals surface area contributed by atoms with Crippen molar-refractivity contribution in [3.8, 4) is 5.75 Å². The molecule has 0 aliphatic carbocycles. The number of aromatic carboxylic acids is 1. The number of carbonyl (C=O) groups is 1. The Bertz CT molecular complexity index is 673. The summed E-state index contributed by atoms with van der Waals surface area (Å²) in [6.07, 6.45) is 1.81. The molecule has 0 aliphatic rings. The van der Waals surface area contributed by atoms with Crippen molar-refractivity contribution in [1.82, 2.24) is 0 Å². The second-order valence-electron chi connectivity index (χ2n) is 5.29. The summed E-state index contributed by atoms with van der Waals surface area (Å²) in [6, 6.07) is 13.2. The molecule has 2 N–H and O–H groups in total. The van der Waals surface area contributed by atoms with Gasteiger partial charge < -0.3 is 15.2 Å². The maximum Gasteiger partial charge on any atom is 0.337 e. The Labute approximate surface area is 144 Å². The van der Waals surface area contributed by atoms with Gasteiger partial charge in [0.15, 0.2) is 0 Å². The molecule has 4 nitrogen and oxygen atoms in total. The van der Waals surface area contributed by atoms with Crippen LogP contribution in [0.4, 0.5) is 5.69 Å². The number of unbranched alkanes of at least 4 members (excludes halogenated alkanes) is 1. The zero-order chi connectivity index (χ0) is 16.7. The number of rotatable bonds is 8. The minimum absolute atomic E-state index is 0.274. The van der Waals surface area contributed by atoms with Gasteiger partial charge in [-0.25, -0.2) is 4.79 Å². The Kier molecular flexibility index (Phi) is 6.47. The summed E-state index contributed by atoms with van der Waals surface area (Å²) in [6.45, 7) is 3.39. The Morgan fingerprint density at radius 3 is 2.78 bits per heavy atom. The number of hydrogen-bond acceptors (Lipinski definition) is 3. The van der Waals surface area contributed by atoms with E-state index >= 15 is 0 Å². The van der Waals surface area contributed by atoms with Crippen LogP contribution in [-0.4, -0.2) is 24.2 Å². The first-order valence-corrected chi connectivity index (χ1v) is 8.32. The van der Waals surface area contributed by atoms with E-state index in [0.717, 1.165) is 23.1 Å².